The van der Waals surface area contributed by atoms with Crippen LogP contribution in [0.5, 0.6) is 0 Å². The van der Waals surface area contributed by atoms with Crippen molar-refractivity contribution >= 4 is 28.5 Å². The lowest BCUT2D eigenvalue weighted by atomic mass is 10.1. The molecule has 0 aliphatic heterocycles. The maximum absolute atomic E-state index is 12.5. The number of ketones is 2. The van der Waals surface area contributed by atoms with Crippen LogP contribution in [0.3, 0.4) is 0 Å². The molecule has 0 aliphatic carbocycles. The molecule has 0 spiro atoms. The van der Waals surface area contributed by atoms with Crippen molar-refractivity contribution in [1.82, 2.24) is 4.98 Å². The quantitative estimate of drug-likeness (QED) is 0.493. The van der Waals surface area contributed by atoms with Crippen molar-refractivity contribution in [3.8, 4) is 0 Å². The summed E-state index contributed by atoms with van der Waals surface area (Å²) in [6, 6.07) is 7.19. The number of fused-ring (bicyclic) bond motifs is 1. The average Bonchev–Trinajstić information content (AvgIpc) is 3.17. The minimum atomic E-state index is -0.746. The molecule has 1 N–H and O–H groups in total. The Morgan fingerprint density at radius 2 is 1.86 bits per heavy atom. The smallest absolute Gasteiger partial charge is 0.375 e. The first kappa shape index (κ1) is 19.6. The molecule has 2 heterocycles. The number of hydrogen-bond donors (Lipinski definition) is 1. The van der Waals surface area contributed by atoms with Crippen LogP contribution < -0.4 is 0 Å². The number of H-pyrrole nitrogens is 1. The first-order valence-electron chi connectivity index (χ1n) is 8.74. The summed E-state index contributed by atoms with van der Waals surface area (Å²) < 4.78 is 16.0. The molecule has 0 saturated heterocycles. The Kier molecular flexibility index (Phi) is 5.46. The van der Waals surface area contributed by atoms with Crippen molar-refractivity contribution in [2.24, 2.45) is 0 Å². The Bertz CT molecular complexity index is 1070. The van der Waals surface area contributed by atoms with Crippen molar-refractivity contribution in [3.05, 3.63) is 58.1 Å². The summed E-state index contributed by atoms with van der Waals surface area (Å²) in [6.45, 7) is 4.55. The maximum Gasteiger partial charge on any atom is 0.375 e. The van der Waals surface area contributed by atoms with Gasteiger partial charge in [-0.2, -0.15) is 0 Å². The number of rotatable bonds is 7. The Morgan fingerprint density at radius 1 is 1.14 bits per heavy atom. The van der Waals surface area contributed by atoms with Crippen molar-refractivity contribution in [3.63, 3.8) is 0 Å². The number of hydrogen-bond acceptors (Lipinski definition) is 6. The number of carbonyl (C=O) groups excluding carboxylic acids is 3. The van der Waals surface area contributed by atoms with Crippen LogP contribution in [-0.2, 0) is 16.1 Å². The number of esters is 1. The second-order valence-electron chi connectivity index (χ2n) is 6.52. The van der Waals surface area contributed by atoms with Crippen LogP contribution in [0.25, 0.3) is 11.0 Å². The third-order valence-corrected chi connectivity index (χ3v) is 4.58. The number of ether oxygens (including phenoxy) is 2. The molecule has 1 aromatic carbocycles. The van der Waals surface area contributed by atoms with Crippen LogP contribution in [0.4, 0.5) is 0 Å². The van der Waals surface area contributed by atoms with E-state index in [2.05, 4.69) is 4.98 Å². The molecule has 0 atom stereocenters. The summed E-state index contributed by atoms with van der Waals surface area (Å²) in [4.78, 5) is 39.6. The van der Waals surface area contributed by atoms with E-state index in [1.54, 1.807) is 26.0 Å². The van der Waals surface area contributed by atoms with Gasteiger partial charge in [-0.05, 0) is 32.4 Å². The van der Waals surface area contributed by atoms with Gasteiger partial charge < -0.3 is 18.9 Å². The molecule has 3 rings (SSSR count). The van der Waals surface area contributed by atoms with Crippen LogP contribution >= 0.6 is 0 Å². The van der Waals surface area contributed by atoms with Gasteiger partial charge in [-0.1, -0.05) is 18.2 Å². The molecular formula is C21H21NO6. The Balaban J connectivity index is 1.80. The van der Waals surface area contributed by atoms with E-state index in [1.165, 1.54) is 14.0 Å². The summed E-state index contributed by atoms with van der Waals surface area (Å²) >= 11 is 0. The van der Waals surface area contributed by atoms with E-state index in [4.69, 9.17) is 13.9 Å². The second kappa shape index (κ2) is 7.82. The number of benzene rings is 1. The normalized spacial score (nSPS) is 11.0. The fourth-order valence-electron chi connectivity index (χ4n) is 3.38. The highest BCUT2D eigenvalue weighted by atomic mass is 16.5. The van der Waals surface area contributed by atoms with Gasteiger partial charge in [0.1, 0.15) is 5.58 Å². The molecule has 7 heteroatoms. The van der Waals surface area contributed by atoms with Crippen LogP contribution in [-0.4, -0.2) is 36.2 Å². The number of carbonyl (C=O) groups is 3. The molecule has 146 valence electrons. The number of aromatic amines is 1. The molecule has 0 aliphatic rings. The average molecular weight is 383 g/mol. The largest absolute Gasteiger partial charge is 0.451 e. The fourth-order valence-corrected chi connectivity index (χ4v) is 3.38. The second-order valence-corrected chi connectivity index (χ2v) is 6.52. The molecule has 0 saturated carbocycles. The topological polar surface area (TPSA) is 98.6 Å². The van der Waals surface area contributed by atoms with E-state index in [1.807, 2.05) is 12.1 Å². The van der Waals surface area contributed by atoms with Gasteiger partial charge >= 0.3 is 5.97 Å². The van der Waals surface area contributed by atoms with Gasteiger partial charge in [0.05, 0.1) is 12.3 Å². The van der Waals surface area contributed by atoms with E-state index in [-0.39, 0.29) is 23.8 Å². The monoisotopic (exact) mass is 383 g/mol. The van der Waals surface area contributed by atoms with Gasteiger partial charge in [-0.15, -0.1) is 0 Å². The lowest BCUT2D eigenvalue weighted by Crippen LogP contribution is -2.16. The number of furan rings is 1. The summed E-state index contributed by atoms with van der Waals surface area (Å²) in [7, 11) is 1.52. The first-order valence-corrected chi connectivity index (χ1v) is 8.74. The Morgan fingerprint density at radius 3 is 2.50 bits per heavy atom. The zero-order valence-electron chi connectivity index (χ0n) is 16.2. The maximum atomic E-state index is 12.5. The molecule has 0 radical (unpaired) electrons. The van der Waals surface area contributed by atoms with Gasteiger partial charge in [-0.25, -0.2) is 4.79 Å². The predicted molar refractivity (Wildman–Crippen MR) is 102 cm³/mol. The third kappa shape index (κ3) is 3.48. The minimum absolute atomic E-state index is 0.0136. The number of para-hydroxylation sites is 1. The summed E-state index contributed by atoms with van der Waals surface area (Å²) in [5.74, 6) is -1.29. The van der Waals surface area contributed by atoms with Gasteiger partial charge in [0.15, 0.2) is 12.4 Å². The SMILES string of the molecule is COCc1c(C(=O)OCC(=O)c2[nH]c(C)c(C(C)=O)c2C)oc2ccccc12. The molecule has 0 amide bonds. The van der Waals surface area contributed by atoms with Crippen molar-refractivity contribution in [1.29, 1.82) is 0 Å². The predicted octanol–water partition coefficient (Wildman–Crippen LogP) is 3.77. The molecule has 0 bridgehead atoms. The van der Waals surface area contributed by atoms with E-state index in [0.29, 0.717) is 28.0 Å². The molecular weight excluding hydrogens is 362 g/mol. The molecule has 2 aromatic heterocycles. The van der Waals surface area contributed by atoms with Crippen LogP contribution in [0.15, 0.2) is 28.7 Å². The van der Waals surface area contributed by atoms with E-state index < -0.39 is 18.4 Å². The first-order chi connectivity index (χ1) is 13.3. The number of Topliss-reactive ketones (excluding diaryl/α,β-unsaturated/α-hetero) is 2. The van der Waals surface area contributed by atoms with Crippen LogP contribution in [0, 0.1) is 13.8 Å². The summed E-state index contributed by atoms with van der Waals surface area (Å²) in [6.07, 6.45) is 0. The zero-order chi connectivity index (χ0) is 20.4. The number of aromatic nitrogens is 1. The zero-order valence-corrected chi connectivity index (χ0v) is 16.2. The fraction of sp³-hybridized carbons (Fsp3) is 0.286. The molecule has 3 aromatic rings. The Hall–Kier alpha value is -3.19. The highest BCUT2D eigenvalue weighted by molar-refractivity contribution is 6.04. The van der Waals surface area contributed by atoms with Crippen LogP contribution in [0.1, 0.15) is 55.1 Å². The number of methoxy groups -OCH3 is 1. The molecule has 28 heavy (non-hydrogen) atoms. The van der Waals surface area contributed by atoms with Gasteiger partial charge in [0.25, 0.3) is 0 Å². The number of aryl methyl sites for hydroxylation is 1. The van der Waals surface area contributed by atoms with Crippen molar-refractivity contribution in [2.45, 2.75) is 27.4 Å². The lowest BCUT2D eigenvalue weighted by Gasteiger charge is -2.04. The standard InChI is InChI=1S/C21H21NO6/c1-11-18(13(3)23)12(2)22-19(11)16(24)10-27-21(25)20-15(9-26-4)14-7-5-6-8-17(14)28-20/h5-8,22H,9-10H2,1-4H3. The molecule has 7 nitrogen and oxygen atoms in total. The summed E-state index contributed by atoms with van der Waals surface area (Å²) in [5.41, 5.74) is 3.01. The third-order valence-electron chi connectivity index (χ3n) is 4.58. The number of nitrogens with one attached hydrogen (secondary N) is 1. The Labute approximate surface area is 161 Å². The highest BCUT2D eigenvalue weighted by Crippen LogP contribution is 2.27. The lowest BCUT2D eigenvalue weighted by molar-refractivity contribution is 0.0439. The highest BCUT2D eigenvalue weighted by Gasteiger charge is 2.24. The molecule has 0 unspecified atom stereocenters. The van der Waals surface area contributed by atoms with Crippen molar-refractivity contribution in [2.75, 3.05) is 13.7 Å². The minimum Gasteiger partial charge on any atom is -0.451 e. The van der Waals surface area contributed by atoms with Gasteiger partial charge in [0.2, 0.25) is 11.5 Å². The van der Waals surface area contributed by atoms with E-state index in [9.17, 15) is 14.4 Å². The molecule has 0 fully saturated rings. The van der Waals surface area contributed by atoms with Crippen molar-refractivity contribution < 1.29 is 28.3 Å². The van der Waals surface area contributed by atoms with Gasteiger partial charge in [-0.3, -0.25) is 9.59 Å². The van der Waals surface area contributed by atoms with Crippen LogP contribution in [0.2, 0.25) is 0 Å². The summed E-state index contributed by atoms with van der Waals surface area (Å²) in [5, 5.41) is 0.754. The van der Waals surface area contributed by atoms with Gasteiger partial charge in [0, 0.05) is 29.3 Å². The van der Waals surface area contributed by atoms with E-state index in [0.717, 1.165) is 5.39 Å². The van der Waals surface area contributed by atoms with E-state index >= 15 is 0 Å².